The van der Waals surface area contributed by atoms with E-state index >= 15 is 0 Å². The van der Waals surface area contributed by atoms with Crippen LogP contribution in [0.25, 0.3) is 10.2 Å². The van der Waals surface area contributed by atoms with Crippen molar-refractivity contribution in [2.24, 2.45) is 11.7 Å². The minimum Gasteiger partial charge on any atom is -0.461 e. The summed E-state index contributed by atoms with van der Waals surface area (Å²) in [5.41, 5.74) is 6.95. The van der Waals surface area contributed by atoms with E-state index in [1.54, 1.807) is 6.92 Å². The second-order valence-corrected chi connectivity index (χ2v) is 10.8. The van der Waals surface area contributed by atoms with Gasteiger partial charge < -0.3 is 15.8 Å². The summed E-state index contributed by atoms with van der Waals surface area (Å²) in [4.78, 5) is 56.5. The lowest BCUT2D eigenvalue weighted by atomic mass is 9.95. The Hall–Kier alpha value is -3.05. The number of carbonyl (C=O) groups is 3. The molecule has 3 aromatic heterocycles. The molecule has 0 radical (unpaired) electrons. The summed E-state index contributed by atoms with van der Waals surface area (Å²) >= 11 is 2.47. The number of fused-ring (bicyclic) bond motifs is 2. The molecule has 0 aromatic carbocycles. The third-order valence-corrected chi connectivity index (χ3v) is 8.02. The molecule has 34 heavy (non-hydrogen) atoms. The summed E-state index contributed by atoms with van der Waals surface area (Å²) in [6.07, 6.45) is 4.92. The zero-order valence-corrected chi connectivity index (χ0v) is 20.9. The Bertz CT molecular complexity index is 1350. The van der Waals surface area contributed by atoms with Crippen molar-refractivity contribution in [1.29, 1.82) is 0 Å². The molecule has 4 rings (SSSR count). The van der Waals surface area contributed by atoms with Gasteiger partial charge in [-0.05, 0) is 49.7 Å². The van der Waals surface area contributed by atoms with Crippen LogP contribution in [0.3, 0.4) is 0 Å². The summed E-state index contributed by atoms with van der Waals surface area (Å²) in [6, 6.07) is 0. The minimum atomic E-state index is -0.569. The molecule has 11 heteroatoms. The number of ether oxygens (including phenoxy) is 1. The molecular weight excluding hydrogens is 476 g/mol. The SMILES string of the molecule is Cc1c(C(=O)OCC(C)C)sc2ncn(CC(=O)Nc3sc4c(c3C(N)=O)CCCC4)c(=O)c12. The van der Waals surface area contributed by atoms with Gasteiger partial charge in [0.2, 0.25) is 5.91 Å². The van der Waals surface area contributed by atoms with E-state index in [2.05, 4.69) is 10.3 Å². The average Bonchev–Trinajstić information content (AvgIpc) is 3.31. The van der Waals surface area contributed by atoms with E-state index < -0.39 is 23.3 Å². The lowest BCUT2D eigenvalue weighted by molar-refractivity contribution is -0.116. The number of carbonyl (C=O) groups excluding carboxylic acids is 3. The molecule has 9 nitrogen and oxygen atoms in total. The maximum absolute atomic E-state index is 13.1. The number of nitrogens with one attached hydrogen (secondary N) is 1. The summed E-state index contributed by atoms with van der Waals surface area (Å²) in [5, 5.41) is 3.48. The molecule has 0 bridgehead atoms. The molecular formula is C23H26N4O5S2. The molecule has 0 spiro atoms. The molecule has 0 unspecified atom stereocenters. The number of nitrogens with two attached hydrogens (primary N) is 1. The fourth-order valence-electron chi connectivity index (χ4n) is 4.01. The number of hydrogen-bond acceptors (Lipinski definition) is 8. The van der Waals surface area contributed by atoms with Gasteiger partial charge in [-0.3, -0.25) is 19.0 Å². The number of nitrogens with zero attached hydrogens (tertiary/aromatic N) is 2. The lowest BCUT2D eigenvalue weighted by Crippen LogP contribution is -2.28. The molecule has 0 saturated carbocycles. The van der Waals surface area contributed by atoms with Crippen molar-refractivity contribution in [3.05, 3.63) is 43.1 Å². The first kappa shape index (κ1) is 24.1. The van der Waals surface area contributed by atoms with Gasteiger partial charge >= 0.3 is 5.97 Å². The summed E-state index contributed by atoms with van der Waals surface area (Å²) in [6.45, 7) is 5.55. The predicted octanol–water partition coefficient (Wildman–Crippen LogP) is 3.26. The minimum absolute atomic E-state index is 0.191. The van der Waals surface area contributed by atoms with E-state index in [9.17, 15) is 19.2 Å². The first-order chi connectivity index (χ1) is 16.2. The lowest BCUT2D eigenvalue weighted by Gasteiger charge is -2.11. The maximum Gasteiger partial charge on any atom is 0.348 e. The van der Waals surface area contributed by atoms with Crippen LogP contribution < -0.4 is 16.6 Å². The molecule has 1 aliphatic rings. The van der Waals surface area contributed by atoms with Gasteiger partial charge in [-0.25, -0.2) is 9.78 Å². The van der Waals surface area contributed by atoms with Crippen molar-refractivity contribution in [1.82, 2.24) is 9.55 Å². The second kappa shape index (κ2) is 9.67. The highest BCUT2D eigenvalue weighted by Crippen LogP contribution is 2.38. The first-order valence-electron chi connectivity index (χ1n) is 11.1. The Morgan fingerprint density at radius 1 is 1.24 bits per heavy atom. The topological polar surface area (TPSA) is 133 Å². The van der Waals surface area contributed by atoms with Crippen molar-refractivity contribution in [3.63, 3.8) is 0 Å². The van der Waals surface area contributed by atoms with E-state index in [1.807, 2.05) is 13.8 Å². The Morgan fingerprint density at radius 3 is 2.68 bits per heavy atom. The van der Waals surface area contributed by atoms with Gasteiger partial charge in [-0.1, -0.05) is 13.8 Å². The Kier molecular flexibility index (Phi) is 6.85. The van der Waals surface area contributed by atoms with Gasteiger partial charge in [0.15, 0.2) is 0 Å². The van der Waals surface area contributed by atoms with Gasteiger partial charge in [-0.2, -0.15) is 0 Å². The van der Waals surface area contributed by atoms with Gasteiger partial charge in [0, 0.05) is 4.88 Å². The van der Waals surface area contributed by atoms with Crippen LogP contribution in [0.4, 0.5) is 5.00 Å². The number of aryl methyl sites for hydroxylation is 2. The molecule has 3 heterocycles. The standard InChI is InChI=1S/C23H26N4O5S2/c1-11(2)9-32-23(31)18-12(3)16-20(34-18)25-10-27(22(16)30)8-15(28)26-21-17(19(24)29)13-6-4-5-7-14(13)33-21/h10-11H,4-9H2,1-3H3,(H2,24,29)(H,26,28). The number of esters is 1. The second-order valence-electron chi connectivity index (χ2n) is 8.73. The zero-order chi connectivity index (χ0) is 24.6. The molecule has 0 atom stereocenters. The third kappa shape index (κ3) is 4.62. The molecule has 3 N–H and O–H groups in total. The molecule has 180 valence electrons. The monoisotopic (exact) mass is 502 g/mol. The number of thiophene rings is 2. The van der Waals surface area contributed by atoms with E-state index in [4.69, 9.17) is 10.5 Å². The molecule has 3 aromatic rings. The van der Waals surface area contributed by atoms with Crippen LogP contribution in [0.15, 0.2) is 11.1 Å². The van der Waals surface area contributed by atoms with Crippen molar-refractivity contribution in [2.75, 3.05) is 11.9 Å². The maximum atomic E-state index is 13.1. The Labute approximate surface area is 203 Å². The predicted molar refractivity (Wildman–Crippen MR) is 132 cm³/mol. The number of rotatable bonds is 7. The summed E-state index contributed by atoms with van der Waals surface area (Å²) < 4.78 is 6.49. The van der Waals surface area contributed by atoms with Crippen molar-refractivity contribution < 1.29 is 19.1 Å². The Morgan fingerprint density at radius 2 is 1.97 bits per heavy atom. The fraction of sp³-hybridized carbons (Fsp3) is 0.435. The van der Waals surface area contributed by atoms with E-state index in [0.717, 1.165) is 47.5 Å². The van der Waals surface area contributed by atoms with E-state index in [0.29, 0.717) is 31.2 Å². The molecule has 0 fully saturated rings. The number of aromatic nitrogens is 2. The van der Waals surface area contributed by atoms with Gasteiger partial charge in [0.1, 0.15) is 21.3 Å². The fourth-order valence-corrected chi connectivity index (χ4v) is 6.35. The normalized spacial score (nSPS) is 13.2. The number of primary amides is 1. The summed E-state index contributed by atoms with van der Waals surface area (Å²) in [5.74, 6) is -1.33. The number of amides is 2. The molecule has 0 aliphatic heterocycles. The van der Waals surface area contributed by atoms with Crippen LogP contribution >= 0.6 is 22.7 Å². The molecule has 0 saturated heterocycles. The summed E-state index contributed by atoms with van der Waals surface area (Å²) in [7, 11) is 0. The van der Waals surface area contributed by atoms with Gasteiger partial charge in [0.25, 0.3) is 11.5 Å². The molecule has 1 aliphatic carbocycles. The number of hydrogen-bond donors (Lipinski definition) is 2. The van der Waals surface area contributed by atoms with Crippen LogP contribution in [0.5, 0.6) is 0 Å². The van der Waals surface area contributed by atoms with Crippen LogP contribution in [0.2, 0.25) is 0 Å². The van der Waals surface area contributed by atoms with Crippen molar-refractivity contribution >= 4 is 55.7 Å². The van der Waals surface area contributed by atoms with E-state index in [-0.39, 0.29) is 19.1 Å². The highest BCUT2D eigenvalue weighted by Gasteiger charge is 2.26. The average molecular weight is 503 g/mol. The van der Waals surface area contributed by atoms with Crippen LogP contribution in [-0.4, -0.2) is 33.9 Å². The third-order valence-electron chi connectivity index (χ3n) is 5.64. The highest BCUT2D eigenvalue weighted by molar-refractivity contribution is 7.20. The highest BCUT2D eigenvalue weighted by atomic mass is 32.1. The largest absolute Gasteiger partial charge is 0.461 e. The van der Waals surface area contributed by atoms with Crippen molar-refractivity contribution in [3.8, 4) is 0 Å². The van der Waals surface area contributed by atoms with Crippen molar-refractivity contribution in [2.45, 2.75) is 53.0 Å². The first-order valence-corrected chi connectivity index (χ1v) is 12.7. The van der Waals surface area contributed by atoms with Gasteiger partial charge in [-0.15, -0.1) is 22.7 Å². The van der Waals surface area contributed by atoms with Crippen LogP contribution in [0.1, 0.15) is 62.7 Å². The van der Waals surface area contributed by atoms with Crippen LogP contribution in [-0.2, 0) is 28.9 Å². The smallest absolute Gasteiger partial charge is 0.348 e. The van der Waals surface area contributed by atoms with Gasteiger partial charge in [0.05, 0.1) is 23.9 Å². The molecule has 2 amide bonds. The van der Waals surface area contributed by atoms with Crippen LogP contribution in [0, 0.1) is 12.8 Å². The number of anilines is 1. The van der Waals surface area contributed by atoms with E-state index in [1.165, 1.54) is 22.2 Å². The zero-order valence-electron chi connectivity index (χ0n) is 19.2. The Balaban J connectivity index is 1.58. The quantitative estimate of drug-likeness (QED) is 0.477.